The van der Waals surface area contributed by atoms with E-state index in [1.807, 2.05) is 6.26 Å². The van der Waals surface area contributed by atoms with Crippen molar-refractivity contribution in [2.45, 2.75) is 55.5 Å². The molecule has 0 aliphatic carbocycles. The van der Waals surface area contributed by atoms with Gasteiger partial charge in [0, 0.05) is 0 Å². The van der Waals surface area contributed by atoms with Crippen molar-refractivity contribution in [3.8, 4) is 0 Å². The quantitative estimate of drug-likeness (QED) is 0.0993. The molecule has 0 aromatic carbocycles. The smallest absolute Gasteiger partial charge is 0.394 e. The molecule has 0 radical (unpaired) electrons. The van der Waals surface area contributed by atoms with Gasteiger partial charge in [0.05, 0.1) is 6.61 Å². The molecule has 1 fully saturated rings. The number of hydrogen-bond donors (Lipinski definition) is 5. The molecule has 154 valence electrons. The zero-order valence-corrected chi connectivity index (χ0v) is 16.6. The minimum absolute atomic E-state index is 0.121. The predicted octanol–water partition coefficient (Wildman–Crippen LogP) is -0.424. The standard InChI is InChI=1S/C13H25NO9S3/c1-24-6-4-2-3-5-9(14-23-26(19,20)21)25-13-12(18)11(17)10(16)8(7-15)22-13/h8,10-13,15-18H,2-7H2,1H3,(H,19,20,21)/t8-,10-,11+,12-,13+/m1/s1. The van der Waals surface area contributed by atoms with Crippen LogP contribution in [0.5, 0.6) is 0 Å². The van der Waals surface area contributed by atoms with Gasteiger partial charge >= 0.3 is 10.4 Å². The van der Waals surface area contributed by atoms with Crippen LogP contribution in [0.25, 0.3) is 0 Å². The highest BCUT2D eigenvalue weighted by Gasteiger charge is 2.44. The highest BCUT2D eigenvalue weighted by molar-refractivity contribution is 8.14. The number of thioether (sulfide) groups is 2. The van der Waals surface area contributed by atoms with E-state index in [2.05, 4.69) is 9.44 Å². The second-order valence-corrected chi connectivity index (χ2v) is 8.77. The van der Waals surface area contributed by atoms with Crippen LogP contribution >= 0.6 is 23.5 Å². The van der Waals surface area contributed by atoms with E-state index in [-0.39, 0.29) is 5.04 Å². The van der Waals surface area contributed by atoms with E-state index in [9.17, 15) is 28.8 Å². The molecule has 1 saturated heterocycles. The number of nitrogens with zero attached hydrogens (tertiary/aromatic N) is 1. The number of rotatable bonds is 10. The molecule has 0 bridgehead atoms. The average Bonchev–Trinajstić information content (AvgIpc) is 2.58. The lowest BCUT2D eigenvalue weighted by atomic mass is 10.0. The van der Waals surface area contributed by atoms with Crippen LogP contribution in [0.3, 0.4) is 0 Å². The third-order valence-electron chi connectivity index (χ3n) is 3.57. The maximum atomic E-state index is 10.7. The van der Waals surface area contributed by atoms with E-state index in [0.717, 1.165) is 30.4 Å². The van der Waals surface area contributed by atoms with Gasteiger partial charge in [-0.15, -0.1) is 0 Å². The summed E-state index contributed by atoms with van der Waals surface area (Å²) in [6, 6.07) is 0. The Labute approximate surface area is 160 Å². The van der Waals surface area contributed by atoms with Gasteiger partial charge in [0.2, 0.25) is 0 Å². The first-order valence-electron chi connectivity index (χ1n) is 7.88. The van der Waals surface area contributed by atoms with E-state index in [1.165, 1.54) is 0 Å². The summed E-state index contributed by atoms with van der Waals surface area (Å²) < 4.78 is 39.5. The molecular weight excluding hydrogens is 410 g/mol. The van der Waals surface area contributed by atoms with E-state index in [4.69, 9.17) is 9.29 Å². The van der Waals surface area contributed by atoms with Crippen molar-refractivity contribution in [3.63, 3.8) is 0 Å². The zero-order chi connectivity index (χ0) is 19.7. The summed E-state index contributed by atoms with van der Waals surface area (Å²) in [7, 11) is -4.78. The normalized spacial score (nSPS) is 30.4. The van der Waals surface area contributed by atoms with Crippen LogP contribution in [0, 0.1) is 0 Å². The van der Waals surface area contributed by atoms with Crippen molar-refractivity contribution in [3.05, 3.63) is 0 Å². The fraction of sp³-hybridized carbons (Fsp3) is 0.923. The molecule has 10 nitrogen and oxygen atoms in total. The van der Waals surface area contributed by atoms with Crippen molar-refractivity contribution in [2.24, 2.45) is 5.16 Å². The Balaban J connectivity index is 2.76. The second-order valence-electron chi connectivity index (χ2n) is 5.61. The van der Waals surface area contributed by atoms with Crippen LogP contribution in [0.4, 0.5) is 0 Å². The molecule has 1 rings (SSSR count). The molecule has 1 aliphatic heterocycles. The lowest BCUT2D eigenvalue weighted by Crippen LogP contribution is -2.57. The number of ether oxygens (including phenoxy) is 1. The van der Waals surface area contributed by atoms with Crippen molar-refractivity contribution < 1.29 is 42.4 Å². The third kappa shape index (κ3) is 8.27. The lowest BCUT2D eigenvalue weighted by Gasteiger charge is -2.39. The van der Waals surface area contributed by atoms with Crippen molar-refractivity contribution in [2.75, 3.05) is 18.6 Å². The lowest BCUT2D eigenvalue weighted by molar-refractivity contribution is -0.205. The molecule has 1 aliphatic rings. The first-order chi connectivity index (χ1) is 12.2. The van der Waals surface area contributed by atoms with Gasteiger partial charge in [-0.2, -0.15) is 20.2 Å². The summed E-state index contributed by atoms with van der Waals surface area (Å²) in [5.74, 6) is 0.980. The molecule has 1 heterocycles. The summed E-state index contributed by atoms with van der Waals surface area (Å²) in [5.41, 5.74) is -1.11. The van der Waals surface area contributed by atoms with Gasteiger partial charge in [-0.05, 0) is 31.3 Å². The summed E-state index contributed by atoms with van der Waals surface area (Å²) in [6.07, 6.45) is -0.887. The van der Waals surface area contributed by atoms with Crippen LogP contribution in [0.1, 0.15) is 25.7 Å². The summed E-state index contributed by atoms with van der Waals surface area (Å²) >= 11 is 2.50. The van der Waals surface area contributed by atoms with Crippen molar-refractivity contribution in [1.82, 2.24) is 0 Å². The molecule has 0 saturated carbocycles. The Morgan fingerprint density at radius 1 is 1.15 bits per heavy atom. The predicted molar refractivity (Wildman–Crippen MR) is 98.3 cm³/mol. The van der Waals surface area contributed by atoms with Gasteiger partial charge in [-0.25, -0.2) is 4.28 Å². The van der Waals surface area contributed by atoms with Crippen molar-refractivity contribution in [1.29, 1.82) is 0 Å². The molecule has 26 heavy (non-hydrogen) atoms. The van der Waals surface area contributed by atoms with Crippen LogP contribution in [-0.2, 0) is 19.4 Å². The first kappa shape index (κ1) is 23.9. The monoisotopic (exact) mass is 435 g/mol. The molecule has 0 spiro atoms. The van der Waals surface area contributed by atoms with Gasteiger partial charge in [0.25, 0.3) is 0 Å². The summed E-state index contributed by atoms with van der Waals surface area (Å²) in [6.45, 7) is -0.579. The van der Waals surface area contributed by atoms with Crippen LogP contribution in [0.15, 0.2) is 5.16 Å². The maximum Gasteiger partial charge on any atom is 0.466 e. The Kier molecular flexibility index (Phi) is 10.7. The Bertz CT molecular complexity index is 543. The zero-order valence-electron chi connectivity index (χ0n) is 14.2. The fourth-order valence-electron chi connectivity index (χ4n) is 2.21. The molecule has 13 heteroatoms. The van der Waals surface area contributed by atoms with Gasteiger partial charge in [0.1, 0.15) is 34.9 Å². The maximum absolute atomic E-state index is 10.7. The Morgan fingerprint density at radius 3 is 2.42 bits per heavy atom. The van der Waals surface area contributed by atoms with E-state index < -0.39 is 46.9 Å². The Hall–Kier alpha value is -0.120. The molecular formula is C13H25NO9S3. The number of aliphatic hydroxyl groups is 4. The summed E-state index contributed by atoms with van der Waals surface area (Å²) in [4.78, 5) is 0. The molecule has 0 aromatic rings. The van der Waals surface area contributed by atoms with E-state index in [0.29, 0.717) is 12.8 Å². The molecule has 0 unspecified atom stereocenters. The second kappa shape index (κ2) is 11.7. The number of hydrogen-bond acceptors (Lipinski definition) is 11. The van der Waals surface area contributed by atoms with E-state index in [1.54, 1.807) is 11.8 Å². The minimum Gasteiger partial charge on any atom is -0.394 e. The largest absolute Gasteiger partial charge is 0.466 e. The highest BCUT2D eigenvalue weighted by Crippen LogP contribution is 2.30. The fourth-order valence-corrected chi connectivity index (χ4v) is 4.05. The SMILES string of the molecule is CSCCCCCC(=NOS(=O)(=O)O)S[C@@H]1O[C@H](CO)[C@@H](O)[C@H](O)[C@H]1O. The van der Waals surface area contributed by atoms with Crippen LogP contribution in [-0.4, -0.2) is 86.9 Å². The van der Waals surface area contributed by atoms with Crippen LogP contribution in [0.2, 0.25) is 0 Å². The Morgan fingerprint density at radius 2 is 1.85 bits per heavy atom. The van der Waals surface area contributed by atoms with E-state index >= 15 is 0 Å². The van der Waals surface area contributed by atoms with Gasteiger partial charge in [-0.3, -0.25) is 4.55 Å². The average molecular weight is 436 g/mol. The highest BCUT2D eigenvalue weighted by atomic mass is 32.3. The molecule has 5 atom stereocenters. The van der Waals surface area contributed by atoms with Gasteiger partial charge in [0.15, 0.2) is 0 Å². The molecule has 0 aromatic heterocycles. The topological polar surface area (TPSA) is 166 Å². The number of aliphatic hydroxyl groups excluding tert-OH is 4. The summed E-state index contributed by atoms with van der Waals surface area (Å²) in [5, 5.41) is 42.3. The van der Waals surface area contributed by atoms with Gasteiger partial charge in [-0.1, -0.05) is 23.3 Å². The minimum atomic E-state index is -4.78. The molecule has 5 N–H and O–H groups in total. The first-order valence-corrected chi connectivity index (χ1v) is 11.5. The third-order valence-corrected chi connectivity index (χ3v) is 5.71. The molecule has 0 amide bonds. The van der Waals surface area contributed by atoms with Gasteiger partial charge < -0.3 is 25.2 Å². The van der Waals surface area contributed by atoms with Crippen molar-refractivity contribution >= 4 is 39.0 Å². The number of unbranched alkanes of at least 4 members (excludes halogenated alkanes) is 2. The number of oxime groups is 1. The van der Waals surface area contributed by atoms with Crippen LogP contribution < -0.4 is 0 Å².